The number of piperidine rings is 1. The van der Waals surface area contributed by atoms with E-state index in [1.807, 2.05) is 11.8 Å². The van der Waals surface area contributed by atoms with Gasteiger partial charge in [-0.25, -0.2) is 4.79 Å². The van der Waals surface area contributed by atoms with Crippen LogP contribution in [0.4, 0.5) is 4.79 Å². The molecule has 0 aromatic carbocycles. The highest BCUT2D eigenvalue weighted by Gasteiger charge is 2.25. The van der Waals surface area contributed by atoms with Crippen molar-refractivity contribution in [3.63, 3.8) is 0 Å². The Kier molecular flexibility index (Phi) is 6.63. The van der Waals surface area contributed by atoms with Crippen molar-refractivity contribution in [3.05, 3.63) is 0 Å². The van der Waals surface area contributed by atoms with Gasteiger partial charge in [-0.2, -0.15) is 0 Å². The molecule has 1 aliphatic heterocycles. The highest BCUT2D eigenvalue weighted by atomic mass is 16.3. The monoisotopic (exact) mass is 270 g/mol. The van der Waals surface area contributed by atoms with Crippen LogP contribution in [0.15, 0.2) is 0 Å². The second-order valence-electron chi connectivity index (χ2n) is 6.16. The molecule has 0 saturated carbocycles. The number of aliphatic hydroxyl groups is 1. The molecule has 0 bridgehead atoms. The van der Waals surface area contributed by atoms with Gasteiger partial charge in [-0.15, -0.1) is 0 Å². The fourth-order valence-electron chi connectivity index (χ4n) is 2.72. The van der Waals surface area contributed by atoms with Gasteiger partial charge in [0.15, 0.2) is 0 Å². The normalized spacial score (nSPS) is 21.8. The van der Waals surface area contributed by atoms with Crippen LogP contribution in [0.2, 0.25) is 0 Å². The van der Waals surface area contributed by atoms with Crippen LogP contribution in [0.25, 0.3) is 0 Å². The minimum Gasteiger partial charge on any atom is -0.393 e. The van der Waals surface area contributed by atoms with Crippen molar-refractivity contribution in [2.75, 3.05) is 13.1 Å². The van der Waals surface area contributed by atoms with Crippen LogP contribution in [0.1, 0.15) is 53.4 Å². The molecule has 1 aliphatic rings. The van der Waals surface area contributed by atoms with Gasteiger partial charge in [-0.3, -0.25) is 0 Å². The second kappa shape index (κ2) is 7.73. The van der Waals surface area contributed by atoms with Gasteiger partial charge in [0.2, 0.25) is 0 Å². The maximum atomic E-state index is 12.1. The lowest BCUT2D eigenvalue weighted by Gasteiger charge is -2.34. The van der Waals surface area contributed by atoms with Crippen LogP contribution >= 0.6 is 0 Å². The minimum absolute atomic E-state index is 0.0554. The molecule has 19 heavy (non-hydrogen) atoms. The van der Waals surface area contributed by atoms with Crippen molar-refractivity contribution in [2.45, 2.75) is 65.5 Å². The molecular formula is C15H30N2O2. The van der Waals surface area contributed by atoms with Crippen LogP contribution in [-0.4, -0.2) is 41.3 Å². The maximum absolute atomic E-state index is 12.1. The first-order chi connectivity index (χ1) is 8.93. The van der Waals surface area contributed by atoms with E-state index in [4.69, 9.17) is 0 Å². The third kappa shape index (κ3) is 5.39. The summed E-state index contributed by atoms with van der Waals surface area (Å²) in [5, 5.41) is 12.6. The summed E-state index contributed by atoms with van der Waals surface area (Å²) in [5.74, 6) is 0.998. The van der Waals surface area contributed by atoms with E-state index in [2.05, 4.69) is 26.1 Å². The number of carbonyl (C=O) groups excluding carboxylic acids is 1. The van der Waals surface area contributed by atoms with Crippen LogP contribution in [0, 0.1) is 11.8 Å². The average Bonchev–Trinajstić information content (AvgIpc) is 2.38. The molecule has 0 aliphatic carbocycles. The lowest BCUT2D eigenvalue weighted by Crippen LogP contribution is -2.48. The predicted molar refractivity (Wildman–Crippen MR) is 78.0 cm³/mol. The van der Waals surface area contributed by atoms with Gasteiger partial charge in [0, 0.05) is 19.1 Å². The quantitative estimate of drug-likeness (QED) is 0.807. The van der Waals surface area contributed by atoms with Crippen LogP contribution < -0.4 is 5.32 Å². The van der Waals surface area contributed by atoms with E-state index in [-0.39, 0.29) is 18.2 Å². The standard InChI is InChI=1S/C15H30N2O2/c1-5-11(2)10-12(3)16-15(19)17-8-6-14(7-9-17)13(4)18/h11-14,18H,5-10H2,1-4H3,(H,16,19). The van der Waals surface area contributed by atoms with Crippen LogP contribution in [0.3, 0.4) is 0 Å². The van der Waals surface area contributed by atoms with E-state index in [0.717, 1.165) is 38.8 Å². The Labute approximate surface area is 117 Å². The van der Waals surface area contributed by atoms with Crippen molar-refractivity contribution < 1.29 is 9.90 Å². The van der Waals surface area contributed by atoms with Crippen molar-refractivity contribution in [1.29, 1.82) is 0 Å². The molecule has 0 aromatic rings. The fourth-order valence-corrected chi connectivity index (χ4v) is 2.72. The molecule has 4 nitrogen and oxygen atoms in total. The molecule has 1 saturated heterocycles. The molecule has 1 heterocycles. The van der Waals surface area contributed by atoms with Crippen molar-refractivity contribution in [1.82, 2.24) is 10.2 Å². The lowest BCUT2D eigenvalue weighted by atomic mass is 9.92. The number of aliphatic hydroxyl groups excluding tert-OH is 1. The number of hydrogen-bond acceptors (Lipinski definition) is 2. The first-order valence-electron chi connectivity index (χ1n) is 7.67. The van der Waals surface area contributed by atoms with E-state index < -0.39 is 0 Å². The molecule has 4 heteroatoms. The number of likely N-dealkylation sites (tertiary alicyclic amines) is 1. The topological polar surface area (TPSA) is 52.6 Å². The number of nitrogens with zero attached hydrogens (tertiary/aromatic N) is 1. The number of nitrogens with one attached hydrogen (secondary N) is 1. The number of rotatable bonds is 5. The average molecular weight is 270 g/mol. The Bertz CT molecular complexity index is 273. The van der Waals surface area contributed by atoms with E-state index in [9.17, 15) is 9.90 Å². The summed E-state index contributed by atoms with van der Waals surface area (Å²) in [6, 6.07) is 0.289. The summed E-state index contributed by atoms with van der Waals surface area (Å²) >= 11 is 0. The predicted octanol–water partition coefficient (Wildman–Crippen LogP) is 2.61. The number of amides is 2. The van der Waals surface area contributed by atoms with Gasteiger partial charge in [0.25, 0.3) is 0 Å². The van der Waals surface area contributed by atoms with Crippen molar-refractivity contribution in [3.8, 4) is 0 Å². The van der Waals surface area contributed by atoms with E-state index in [0.29, 0.717) is 11.8 Å². The Morgan fingerprint density at radius 1 is 1.32 bits per heavy atom. The highest BCUT2D eigenvalue weighted by Crippen LogP contribution is 2.20. The molecule has 2 amide bonds. The fraction of sp³-hybridized carbons (Fsp3) is 0.933. The molecule has 0 aromatic heterocycles. The summed E-state index contributed by atoms with van der Waals surface area (Å²) in [6.45, 7) is 9.84. The van der Waals surface area contributed by atoms with Gasteiger partial charge < -0.3 is 15.3 Å². The van der Waals surface area contributed by atoms with E-state index in [1.54, 1.807) is 0 Å². The number of carbonyl (C=O) groups is 1. The summed E-state index contributed by atoms with van der Waals surface area (Å²) < 4.78 is 0. The SMILES string of the molecule is CCC(C)CC(C)NC(=O)N1CCC(C(C)O)CC1. The molecule has 3 unspecified atom stereocenters. The zero-order valence-electron chi connectivity index (χ0n) is 12.9. The van der Waals surface area contributed by atoms with E-state index >= 15 is 0 Å². The molecule has 2 N–H and O–H groups in total. The molecule has 0 spiro atoms. The first-order valence-corrected chi connectivity index (χ1v) is 7.67. The Hall–Kier alpha value is -0.770. The van der Waals surface area contributed by atoms with Gasteiger partial charge in [-0.05, 0) is 44.9 Å². The molecule has 1 fully saturated rings. The zero-order valence-corrected chi connectivity index (χ0v) is 12.9. The zero-order chi connectivity index (χ0) is 14.4. The largest absolute Gasteiger partial charge is 0.393 e. The first kappa shape index (κ1) is 16.3. The van der Waals surface area contributed by atoms with Gasteiger partial charge >= 0.3 is 6.03 Å². The summed E-state index contributed by atoms with van der Waals surface area (Å²) in [7, 11) is 0. The Balaban J connectivity index is 2.31. The molecule has 112 valence electrons. The minimum atomic E-state index is -0.255. The third-order valence-electron chi connectivity index (χ3n) is 4.33. The smallest absolute Gasteiger partial charge is 0.317 e. The summed E-state index contributed by atoms with van der Waals surface area (Å²) in [6.07, 6.45) is 3.75. The summed E-state index contributed by atoms with van der Waals surface area (Å²) in [4.78, 5) is 14.0. The molecule has 0 radical (unpaired) electrons. The molecule has 3 atom stereocenters. The number of hydrogen-bond donors (Lipinski definition) is 2. The van der Waals surface area contributed by atoms with Crippen molar-refractivity contribution >= 4 is 6.03 Å². The van der Waals surface area contributed by atoms with Crippen LogP contribution in [-0.2, 0) is 0 Å². The maximum Gasteiger partial charge on any atom is 0.317 e. The highest BCUT2D eigenvalue weighted by molar-refractivity contribution is 5.74. The Morgan fingerprint density at radius 3 is 2.37 bits per heavy atom. The molecule has 1 rings (SSSR count). The van der Waals surface area contributed by atoms with Gasteiger partial charge in [0.1, 0.15) is 0 Å². The second-order valence-corrected chi connectivity index (χ2v) is 6.16. The van der Waals surface area contributed by atoms with Gasteiger partial charge in [-0.1, -0.05) is 20.3 Å². The third-order valence-corrected chi connectivity index (χ3v) is 4.33. The van der Waals surface area contributed by atoms with Crippen molar-refractivity contribution in [2.24, 2.45) is 11.8 Å². The number of urea groups is 1. The van der Waals surface area contributed by atoms with Crippen LogP contribution in [0.5, 0.6) is 0 Å². The molecular weight excluding hydrogens is 240 g/mol. The van der Waals surface area contributed by atoms with E-state index in [1.165, 1.54) is 0 Å². The Morgan fingerprint density at radius 2 is 1.89 bits per heavy atom. The lowest BCUT2D eigenvalue weighted by molar-refractivity contribution is 0.0792. The summed E-state index contributed by atoms with van der Waals surface area (Å²) in [5.41, 5.74) is 0. The van der Waals surface area contributed by atoms with Gasteiger partial charge in [0.05, 0.1) is 6.10 Å².